The first-order valence-electron chi connectivity index (χ1n) is 5.24. The quantitative estimate of drug-likeness (QED) is 0.657. The van der Waals surface area contributed by atoms with Gasteiger partial charge in [-0.1, -0.05) is 6.92 Å². The molecule has 2 N–H and O–H groups in total. The van der Waals surface area contributed by atoms with E-state index in [0.717, 1.165) is 0 Å². The molecule has 4 nitrogen and oxygen atoms in total. The van der Waals surface area contributed by atoms with Gasteiger partial charge in [-0.05, 0) is 33.2 Å². The van der Waals surface area contributed by atoms with Gasteiger partial charge in [-0.15, -0.1) is 0 Å². The van der Waals surface area contributed by atoms with Crippen molar-refractivity contribution in [1.82, 2.24) is 5.32 Å². The third-order valence-electron chi connectivity index (χ3n) is 2.29. The van der Waals surface area contributed by atoms with E-state index in [1.807, 2.05) is 6.92 Å². The number of rotatable bonds is 6. The molecule has 0 aliphatic carbocycles. The Morgan fingerprint density at radius 1 is 1.33 bits per heavy atom. The molecular formula is C10H23NO3S. The van der Waals surface area contributed by atoms with Gasteiger partial charge in [0, 0.05) is 13.2 Å². The number of hydrogen-bond acceptors (Lipinski definition) is 4. The van der Waals surface area contributed by atoms with Crippen LogP contribution in [0.5, 0.6) is 0 Å². The monoisotopic (exact) mass is 237 g/mol. The second-order valence-electron chi connectivity index (χ2n) is 4.92. The summed E-state index contributed by atoms with van der Waals surface area (Å²) in [7, 11) is -3.03. The fourth-order valence-corrected chi connectivity index (χ4v) is 1.95. The molecule has 15 heavy (non-hydrogen) atoms. The predicted molar refractivity (Wildman–Crippen MR) is 62.7 cm³/mol. The zero-order valence-corrected chi connectivity index (χ0v) is 10.9. The van der Waals surface area contributed by atoms with Crippen molar-refractivity contribution in [3.05, 3.63) is 0 Å². The van der Waals surface area contributed by atoms with Gasteiger partial charge in [0.2, 0.25) is 0 Å². The highest BCUT2D eigenvalue weighted by atomic mass is 32.2. The molecule has 1 atom stereocenters. The van der Waals surface area contributed by atoms with Crippen molar-refractivity contribution in [3.63, 3.8) is 0 Å². The second-order valence-corrected chi connectivity index (χ2v) is 7.79. The lowest BCUT2D eigenvalue weighted by Crippen LogP contribution is -2.36. The maximum atomic E-state index is 11.7. The summed E-state index contributed by atoms with van der Waals surface area (Å²) < 4.78 is 22.7. The summed E-state index contributed by atoms with van der Waals surface area (Å²) in [5.74, 6) is 0.316. The van der Waals surface area contributed by atoms with Gasteiger partial charge in [0.15, 0.2) is 9.84 Å². The smallest absolute Gasteiger partial charge is 0.156 e. The Morgan fingerprint density at radius 3 is 2.27 bits per heavy atom. The van der Waals surface area contributed by atoms with Crippen molar-refractivity contribution in [3.8, 4) is 0 Å². The molecule has 0 rings (SSSR count). The van der Waals surface area contributed by atoms with Gasteiger partial charge < -0.3 is 10.4 Å². The van der Waals surface area contributed by atoms with Gasteiger partial charge in [-0.3, -0.25) is 0 Å². The molecule has 0 aliphatic heterocycles. The molecule has 0 aromatic heterocycles. The van der Waals surface area contributed by atoms with Crippen molar-refractivity contribution >= 4 is 9.84 Å². The minimum Gasteiger partial charge on any atom is -0.396 e. The molecule has 5 heteroatoms. The zero-order valence-electron chi connectivity index (χ0n) is 10.1. The van der Waals surface area contributed by atoms with E-state index in [1.54, 1.807) is 20.8 Å². The summed E-state index contributed by atoms with van der Waals surface area (Å²) in [6.07, 6.45) is 0. The summed E-state index contributed by atoms with van der Waals surface area (Å²) in [6.45, 7) is 8.25. The molecule has 0 aromatic carbocycles. The molecular weight excluding hydrogens is 214 g/mol. The van der Waals surface area contributed by atoms with E-state index in [4.69, 9.17) is 5.11 Å². The molecule has 0 saturated heterocycles. The van der Waals surface area contributed by atoms with Gasteiger partial charge >= 0.3 is 0 Å². The summed E-state index contributed by atoms with van der Waals surface area (Å²) in [6, 6.07) is 0. The molecule has 1 unspecified atom stereocenters. The van der Waals surface area contributed by atoms with Gasteiger partial charge in [-0.25, -0.2) is 8.42 Å². The lowest BCUT2D eigenvalue weighted by molar-refractivity contribution is 0.234. The molecule has 0 saturated carbocycles. The highest BCUT2D eigenvalue weighted by Crippen LogP contribution is 2.15. The first-order valence-corrected chi connectivity index (χ1v) is 6.90. The van der Waals surface area contributed by atoms with Crippen molar-refractivity contribution in [2.24, 2.45) is 5.92 Å². The van der Waals surface area contributed by atoms with E-state index in [-0.39, 0.29) is 18.3 Å². The Balaban J connectivity index is 3.88. The van der Waals surface area contributed by atoms with Crippen LogP contribution in [0.15, 0.2) is 0 Å². The van der Waals surface area contributed by atoms with Gasteiger partial charge in [0.1, 0.15) is 0 Å². The third kappa shape index (κ3) is 5.49. The second kappa shape index (κ2) is 5.82. The van der Waals surface area contributed by atoms with E-state index in [0.29, 0.717) is 13.1 Å². The minimum atomic E-state index is -3.03. The van der Waals surface area contributed by atoms with Crippen molar-refractivity contribution < 1.29 is 13.5 Å². The third-order valence-corrected chi connectivity index (χ3v) is 4.89. The Hall–Kier alpha value is -0.130. The van der Waals surface area contributed by atoms with Crippen LogP contribution in [-0.2, 0) is 9.84 Å². The van der Waals surface area contributed by atoms with Crippen LogP contribution in [0.2, 0.25) is 0 Å². The Bertz CT molecular complexity index is 267. The van der Waals surface area contributed by atoms with E-state index in [9.17, 15) is 8.42 Å². The zero-order chi connectivity index (χ0) is 12.1. The highest BCUT2D eigenvalue weighted by molar-refractivity contribution is 7.92. The molecule has 92 valence electrons. The highest BCUT2D eigenvalue weighted by Gasteiger charge is 2.27. The molecule has 0 radical (unpaired) electrons. The predicted octanol–water partition coefficient (Wildman–Crippen LogP) is 0.418. The van der Waals surface area contributed by atoms with E-state index >= 15 is 0 Å². The van der Waals surface area contributed by atoms with Crippen LogP contribution in [0.25, 0.3) is 0 Å². The molecule has 0 aliphatic rings. The molecule has 0 bridgehead atoms. The Morgan fingerprint density at radius 2 is 1.87 bits per heavy atom. The number of nitrogens with one attached hydrogen (secondary N) is 1. The summed E-state index contributed by atoms with van der Waals surface area (Å²) in [4.78, 5) is 0. The van der Waals surface area contributed by atoms with E-state index in [2.05, 4.69) is 5.32 Å². The Kier molecular flexibility index (Phi) is 5.77. The van der Waals surface area contributed by atoms with Crippen LogP contribution in [0.1, 0.15) is 27.7 Å². The average Bonchev–Trinajstić information content (AvgIpc) is 2.10. The van der Waals surface area contributed by atoms with Gasteiger partial charge in [0.25, 0.3) is 0 Å². The van der Waals surface area contributed by atoms with Gasteiger partial charge in [0.05, 0.1) is 10.5 Å². The number of aliphatic hydroxyl groups is 1. The van der Waals surface area contributed by atoms with Crippen molar-refractivity contribution in [2.45, 2.75) is 32.4 Å². The van der Waals surface area contributed by atoms with E-state index in [1.165, 1.54) is 0 Å². The van der Waals surface area contributed by atoms with Gasteiger partial charge in [-0.2, -0.15) is 0 Å². The fraction of sp³-hybridized carbons (Fsp3) is 1.00. The molecule has 0 spiro atoms. The lowest BCUT2D eigenvalue weighted by atomic mass is 10.2. The minimum absolute atomic E-state index is 0.124. The largest absolute Gasteiger partial charge is 0.396 e. The first kappa shape index (κ1) is 14.9. The van der Waals surface area contributed by atoms with Crippen LogP contribution in [0.3, 0.4) is 0 Å². The van der Waals surface area contributed by atoms with Crippen LogP contribution < -0.4 is 5.32 Å². The van der Waals surface area contributed by atoms with Crippen LogP contribution in [-0.4, -0.2) is 43.7 Å². The summed E-state index contributed by atoms with van der Waals surface area (Å²) in [5, 5.41) is 11.8. The number of hydrogen-bond donors (Lipinski definition) is 2. The SMILES string of the molecule is CC(CO)CNCCS(=O)(=O)C(C)(C)C. The standard InChI is InChI=1S/C10H23NO3S/c1-9(8-12)7-11-5-6-15(13,14)10(2,3)4/h9,11-12H,5-8H2,1-4H3. The number of sulfone groups is 1. The number of aliphatic hydroxyl groups excluding tert-OH is 1. The average molecular weight is 237 g/mol. The maximum absolute atomic E-state index is 11.7. The maximum Gasteiger partial charge on any atom is 0.156 e. The van der Waals surface area contributed by atoms with E-state index < -0.39 is 14.6 Å². The van der Waals surface area contributed by atoms with Crippen molar-refractivity contribution in [2.75, 3.05) is 25.4 Å². The summed E-state index contributed by atoms with van der Waals surface area (Å²) >= 11 is 0. The van der Waals surface area contributed by atoms with Crippen LogP contribution in [0, 0.1) is 5.92 Å². The normalized spacial score (nSPS) is 15.3. The first-order chi connectivity index (χ1) is 6.70. The molecule has 0 heterocycles. The fourth-order valence-electron chi connectivity index (χ4n) is 0.926. The summed E-state index contributed by atoms with van der Waals surface area (Å²) in [5.41, 5.74) is 0. The molecule has 0 aromatic rings. The Labute approximate surface area is 93.0 Å². The van der Waals surface area contributed by atoms with Crippen LogP contribution >= 0.6 is 0 Å². The lowest BCUT2D eigenvalue weighted by Gasteiger charge is -2.19. The van der Waals surface area contributed by atoms with Crippen molar-refractivity contribution in [1.29, 1.82) is 0 Å². The van der Waals surface area contributed by atoms with Crippen LogP contribution in [0.4, 0.5) is 0 Å². The molecule has 0 fully saturated rings. The molecule has 0 amide bonds. The topological polar surface area (TPSA) is 66.4 Å².